The second kappa shape index (κ2) is 9.07. The van der Waals surface area contributed by atoms with Gasteiger partial charge in [-0.05, 0) is 62.2 Å². The van der Waals surface area contributed by atoms with Crippen LogP contribution in [0.3, 0.4) is 0 Å². The van der Waals surface area contributed by atoms with Crippen LogP contribution in [-0.2, 0) is 11.2 Å². The number of rotatable bonds is 6. The number of ether oxygens (including phenoxy) is 1. The van der Waals surface area contributed by atoms with Gasteiger partial charge in [-0.25, -0.2) is 0 Å². The molecule has 0 aliphatic heterocycles. The maximum absolute atomic E-state index is 12.4. The number of amides is 1. The second-order valence-electron chi connectivity index (χ2n) is 6.02. The van der Waals surface area contributed by atoms with E-state index in [1.54, 1.807) is 18.2 Å². The SMILES string of the molecule is CCc1ccc(NC(=O)/C(C#N)=C/c2cc(Cl)ccc2OC(C)C)cc1. The Hall–Kier alpha value is -2.77. The molecule has 0 heterocycles. The average molecular weight is 369 g/mol. The van der Waals surface area contributed by atoms with Crippen molar-refractivity contribution in [2.45, 2.75) is 33.3 Å². The van der Waals surface area contributed by atoms with E-state index >= 15 is 0 Å². The summed E-state index contributed by atoms with van der Waals surface area (Å²) in [5, 5.41) is 12.6. The Balaban J connectivity index is 2.27. The normalized spacial score (nSPS) is 11.2. The van der Waals surface area contributed by atoms with Crippen LogP contribution >= 0.6 is 11.6 Å². The number of nitrogens with zero attached hydrogens (tertiary/aromatic N) is 1. The third-order valence-corrected chi connectivity index (χ3v) is 3.85. The van der Waals surface area contributed by atoms with Crippen LogP contribution in [0.5, 0.6) is 5.75 Å². The molecule has 0 aliphatic carbocycles. The summed E-state index contributed by atoms with van der Waals surface area (Å²) in [6.07, 6.45) is 2.37. The van der Waals surface area contributed by atoms with E-state index in [4.69, 9.17) is 16.3 Å². The predicted octanol–water partition coefficient (Wildman–Crippen LogP) is 5.24. The predicted molar refractivity (Wildman–Crippen MR) is 105 cm³/mol. The number of nitrogens with one attached hydrogen (secondary N) is 1. The third kappa shape index (κ3) is 5.37. The zero-order chi connectivity index (χ0) is 19.1. The Morgan fingerprint density at radius 2 is 1.96 bits per heavy atom. The van der Waals surface area contributed by atoms with Gasteiger partial charge in [-0.3, -0.25) is 4.79 Å². The molecule has 2 aromatic carbocycles. The van der Waals surface area contributed by atoms with Crippen molar-refractivity contribution in [3.63, 3.8) is 0 Å². The molecular weight excluding hydrogens is 348 g/mol. The highest BCUT2D eigenvalue weighted by Crippen LogP contribution is 2.26. The van der Waals surface area contributed by atoms with E-state index in [1.165, 1.54) is 11.6 Å². The Bertz CT molecular complexity index is 849. The van der Waals surface area contributed by atoms with E-state index in [9.17, 15) is 10.1 Å². The van der Waals surface area contributed by atoms with Crippen LogP contribution in [0.4, 0.5) is 5.69 Å². The maximum Gasteiger partial charge on any atom is 0.266 e. The molecule has 0 aliphatic rings. The smallest absolute Gasteiger partial charge is 0.266 e. The number of aryl methyl sites for hydroxylation is 1. The van der Waals surface area contributed by atoms with Gasteiger partial charge in [0.2, 0.25) is 0 Å². The first-order valence-electron chi connectivity index (χ1n) is 8.41. The van der Waals surface area contributed by atoms with Gasteiger partial charge in [0, 0.05) is 16.3 Å². The summed E-state index contributed by atoms with van der Waals surface area (Å²) in [6.45, 7) is 5.87. The molecule has 5 heteroatoms. The summed E-state index contributed by atoms with van der Waals surface area (Å²) >= 11 is 6.05. The highest BCUT2D eigenvalue weighted by molar-refractivity contribution is 6.30. The molecule has 0 bridgehead atoms. The fraction of sp³-hybridized carbons (Fsp3) is 0.238. The van der Waals surface area contributed by atoms with Crippen molar-refractivity contribution in [2.75, 3.05) is 5.32 Å². The van der Waals surface area contributed by atoms with Crippen LogP contribution < -0.4 is 10.1 Å². The highest BCUT2D eigenvalue weighted by atomic mass is 35.5. The summed E-state index contributed by atoms with van der Waals surface area (Å²) in [5.74, 6) is 0.0875. The summed E-state index contributed by atoms with van der Waals surface area (Å²) in [4.78, 5) is 12.4. The first-order chi connectivity index (χ1) is 12.4. The van der Waals surface area contributed by atoms with Gasteiger partial charge in [0.15, 0.2) is 0 Å². The van der Waals surface area contributed by atoms with Crippen molar-refractivity contribution in [3.05, 3.63) is 64.2 Å². The van der Waals surface area contributed by atoms with E-state index in [0.29, 0.717) is 22.0 Å². The summed E-state index contributed by atoms with van der Waals surface area (Å²) in [6, 6.07) is 14.6. The summed E-state index contributed by atoms with van der Waals surface area (Å²) in [7, 11) is 0. The van der Waals surface area contributed by atoms with E-state index in [1.807, 2.05) is 44.2 Å². The molecule has 1 amide bonds. The molecule has 0 spiro atoms. The van der Waals surface area contributed by atoms with Gasteiger partial charge in [0.05, 0.1) is 6.10 Å². The lowest BCUT2D eigenvalue weighted by atomic mass is 10.1. The molecule has 0 radical (unpaired) electrons. The quantitative estimate of drug-likeness (QED) is 0.560. The van der Waals surface area contributed by atoms with E-state index < -0.39 is 5.91 Å². The van der Waals surface area contributed by atoms with E-state index in [-0.39, 0.29) is 11.7 Å². The molecule has 0 atom stereocenters. The minimum Gasteiger partial charge on any atom is -0.490 e. The maximum atomic E-state index is 12.4. The largest absolute Gasteiger partial charge is 0.490 e. The Morgan fingerprint density at radius 1 is 1.27 bits per heavy atom. The number of benzene rings is 2. The number of hydrogen-bond acceptors (Lipinski definition) is 3. The Morgan fingerprint density at radius 3 is 2.54 bits per heavy atom. The monoisotopic (exact) mass is 368 g/mol. The number of hydrogen-bond donors (Lipinski definition) is 1. The molecule has 4 nitrogen and oxygen atoms in total. The van der Waals surface area contributed by atoms with Crippen molar-refractivity contribution in [1.29, 1.82) is 5.26 Å². The second-order valence-corrected chi connectivity index (χ2v) is 6.46. The molecular formula is C21H21ClN2O2. The average Bonchev–Trinajstić information content (AvgIpc) is 2.62. The lowest BCUT2D eigenvalue weighted by molar-refractivity contribution is -0.112. The number of halogens is 1. The van der Waals surface area contributed by atoms with Gasteiger partial charge in [0.25, 0.3) is 5.91 Å². The fourth-order valence-corrected chi connectivity index (χ4v) is 2.50. The first kappa shape index (κ1) is 19.6. The summed E-state index contributed by atoms with van der Waals surface area (Å²) in [5.41, 5.74) is 2.37. The zero-order valence-corrected chi connectivity index (χ0v) is 15.8. The Kier molecular flexibility index (Phi) is 6.82. The van der Waals surface area contributed by atoms with Gasteiger partial charge in [-0.15, -0.1) is 0 Å². The molecule has 1 N–H and O–H groups in total. The number of carbonyl (C=O) groups excluding carboxylic acids is 1. The minimum atomic E-state index is -0.479. The van der Waals surface area contributed by atoms with Crippen LogP contribution in [0.15, 0.2) is 48.0 Å². The molecule has 0 unspecified atom stereocenters. The number of anilines is 1. The van der Waals surface area contributed by atoms with Crippen LogP contribution in [0, 0.1) is 11.3 Å². The first-order valence-corrected chi connectivity index (χ1v) is 8.79. The fourth-order valence-electron chi connectivity index (χ4n) is 2.32. The molecule has 2 aromatic rings. The van der Waals surface area contributed by atoms with Crippen LogP contribution in [0.1, 0.15) is 31.9 Å². The molecule has 0 saturated carbocycles. The van der Waals surface area contributed by atoms with Crippen molar-refractivity contribution >= 4 is 29.3 Å². The number of carbonyl (C=O) groups is 1. The van der Waals surface area contributed by atoms with Crippen molar-refractivity contribution in [3.8, 4) is 11.8 Å². The number of nitriles is 1. The topological polar surface area (TPSA) is 62.1 Å². The van der Waals surface area contributed by atoms with E-state index in [0.717, 1.165) is 6.42 Å². The molecule has 26 heavy (non-hydrogen) atoms. The molecule has 134 valence electrons. The Labute approximate surface area is 159 Å². The lowest BCUT2D eigenvalue weighted by Gasteiger charge is -2.13. The van der Waals surface area contributed by atoms with Gasteiger partial charge in [-0.1, -0.05) is 30.7 Å². The van der Waals surface area contributed by atoms with Crippen molar-refractivity contribution < 1.29 is 9.53 Å². The van der Waals surface area contributed by atoms with Crippen LogP contribution in [0.25, 0.3) is 6.08 Å². The van der Waals surface area contributed by atoms with Crippen LogP contribution in [0.2, 0.25) is 5.02 Å². The zero-order valence-electron chi connectivity index (χ0n) is 15.0. The third-order valence-electron chi connectivity index (χ3n) is 3.62. The molecule has 0 fully saturated rings. The van der Waals surface area contributed by atoms with Crippen LogP contribution in [-0.4, -0.2) is 12.0 Å². The van der Waals surface area contributed by atoms with Gasteiger partial charge < -0.3 is 10.1 Å². The molecule has 0 aromatic heterocycles. The molecule has 0 saturated heterocycles. The molecule has 2 rings (SSSR count). The summed E-state index contributed by atoms with van der Waals surface area (Å²) < 4.78 is 5.72. The van der Waals surface area contributed by atoms with Crippen molar-refractivity contribution in [1.82, 2.24) is 0 Å². The van der Waals surface area contributed by atoms with E-state index in [2.05, 4.69) is 12.2 Å². The van der Waals surface area contributed by atoms with Crippen molar-refractivity contribution in [2.24, 2.45) is 0 Å². The minimum absolute atomic E-state index is 0.0274. The highest BCUT2D eigenvalue weighted by Gasteiger charge is 2.12. The standard InChI is InChI=1S/C21H21ClN2O2/c1-4-15-5-8-19(9-6-15)24-21(25)17(13-23)11-16-12-18(22)7-10-20(16)26-14(2)3/h5-12,14H,4H2,1-3H3,(H,24,25)/b17-11+. The van der Waals surface area contributed by atoms with Gasteiger partial charge >= 0.3 is 0 Å². The lowest BCUT2D eigenvalue weighted by Crippen LogP contribution is -2.13. The van der Waals surface area contributed by atoms with Gasteiger partial charge in [0.1, 0.15) is 17.4 Å². The van der Waals surface area contributed by atoms with Gasteiger partial charge in [-0.2, -0.15) is 5.26 Å².